The predicted molar refractivity (Wildman–Crippen MR) is 69.3 cm³/mol. The summed E-state index contributed by atoms with van der Waals surface area (Å²) in [4.78, 5) is 4.43. The maximum absolute atomic E-state index is 4.43. The van der Waals surface area contributed by atoms with Crippen molar-refractivity contribution in [3.05, 3.63) is 22.3 Å². The van der Waals surface area contributed by atoms with Crippen LogP contribution in [0.25, 0.3) is 0 Å². The highest BCUT2D eigenvalue weighted by Gasteiger charge is 1.97. The third-order valence-corrected chi connectivity index (χ3v) is 3.20. The number of unbranched alkanes of at least 4 members (excludes halogenated alkanes) is 3. The molecule has 15 heavy (non-hydrogen) atoms. The van der Waals surface area contributed by atoms with Gasteiger partial charge in [0.05, 0.1) is 5.69 Å². The van der Waals surface area contributed by atoms with Gasteiger partial charge in [-0.25, -0.2) is 4.98 Å². The number of aryl methyl sites for hydroxylation is 1. The van der Waals surface area contributed by atoms with E-state index in [4.69, 9.17) is 0 Å². The van der Waals surface area contributed by atoms with Crippen LogP contribution in [0.4, 0.5) is 5.82 Å². The molecular formula is C12H19BrN2. The predicted octanol–water partition coefficient (Wildman–Crippen LogP) is 4.14. The fourth-order valence-electron chi connectivity index (χ4n) is 1.41. The van der Waals surface area contributed by atoms with Crippen molar-refractivity contribution >= 4 is 21.7 Å². The molecule has 0 radical (unpaired) electrons. The molecule has 0 amide bonds. The zero-order valence-corrected chi connectivity index (χ0v) is 11.1. The van der Waals surface area contributed by atoms with Crippen LogP contribution in [-0.4, -0.2) is 11.5 Å². The lowest BCUT2D eigenvalue weighted by Crippen LogP contribution is -2.03. The molecule has 0 saturated heterocycles. The summed E-state index contributed by atoms with van der Waals surface area (Å²) in [5, 5.41) is 3.34. The third-order valence-electron chi connectivity index (χ3n) is 2.36. The van der Waals surface area contributed by atoms with Crippen molar-refractivity contribution in [2.75, 3.05) is 11.9 Å². The maximum atomic E-state index is 4.43. The van der Waals surface area contributed by atoms with Crippen LogP contribution in [-0.2, 0) is 0 Å². The first-order chi connectivity index (χ1) is 7.24. The molecule has 0 spiro atoms. The average Bonchev–Trinajstić information content (AvgIpc) is 2.23. The zero-order chi connectivity index (χ0) is 11.1. The minimum absolute atomic E-state index is 0.979. The Morgan fingerprint density at radius 2 is 2.07 bits per heavy atom. The third kappa shape index (κ3) is 4.65. The first-order valence-corrected chi connectivity index (χ1v) is 6.40. The summed E-state index contributed by atoms with van der Waals surface area (Å²) in [5.41, 5.74) is 1.04. The van der Waals surface area contributed by atoms with Crippen molar-refractivity contribution in [3.8, 4) is 0 Å². The van der Waals surface area contributed by atoms with Crippen LogP contribution in [0.15, 0.2) is 16.6 Å². The molecule has 3 heteroatoms. The monoisotopic (exact) mass is 270 g/mol. The molecule has 0 fully saturated rings. The van der Waals surface area contributed by atoms with E-state index in [1.165, 1.54) is 25.7 Å². The van der Waals surface area contributed by atoms with Gasteiger partial charge < -0.3 is 5.32 Å². The number of halogens is 1. The summed E-state index contributed by atoms with van der Waals surface area (Å²) < 4.78 is 1.07. The number of nitrogens with zero attached hydrogens (tertiary/aromatic N) is 1. The second-order valence-electron chi connectivity index (χ2n) is 3.75. The summed E-state index contributed by atoms with van der Waals surface area (Å²) in [6.45, 7) is 5.26. The van der Waals surface area contributed by atoms with Crippen molar-refractivity contribution in [2.24, 2.45) is 0 Å². The van der Waals surface area contributed by atoms with Crippen LogP contribution in [0.5, 0.6) is 0 Å². The largest absolute Gasteiger partial charge is 0.370 e. The summed E-state index contributed by atoms with van der Waals surface area (Å²) >= 11 is 3.44. The molecule has 1 rings (SSSR count). The summed E-state index contributed by atoms with van der Waals surface area (Å²) in [5.74, 6) is 0.979. The van der Waals surface area contributed by atoms with Gasteiger partial charge in [0.15, 0.2) is 0 Å². The molecule has 0 aliphatic rings. The van der Waals surface area contributed by atoms with Gasteiger partial charge in [0.2, 0.25) is 0 Å². The maximum Gasteiger partial charge on any atom is 0.126 e. The van der Waals surface area contributed by atoms with Crippen molar-refractivity contribution in [3.63, 3.8) is 0 Å². The van der Waals surface area contributed by atoms with E-state index in [0.29, 0.717) is 0 Å². The van der Waals surface area contributed by atoms with E-state index in [1.807, 2.05) is 19.1 Å². The Labute approximate surface area is 101 Å². The van der Waals surface area contributed by atoms with Crippen molar-refractivity contribution in [1.82, 2.24) is 4.98 Å². The highest BCUT2D eigenvalue weighted by atomic mass is 79.9. The molecule has 0 aliphatic heterocycles. The normalized spacial score (nSPS) is 10.3. The van der Waals surface area contributed by atoms with Gasteiger partial charge in [-0.2, -0.15) is 0 Å². The van der Waals surface area contributed by atoms with Crippen LogP contribution < -0.4 is 5.32 Å². The molecule has 0 unspecified atom stereocenters. The summed E-state index contributed by atoms with van der Waals surface area (Å²) in [7, 11) is 0. The minimum Gasteiger partial charge on any atom is -0.370 e. The smallest absolute Gasteiger partial charge is 0.126 e. The number of rotatable bonds is 6. The van der Waals surface area contributed by atoms with Gasteiger partial charge in [-0.05, 0) is 41.4 Å². The number of anilines is 1. The van der Waals surface area contributed by atoms with Crippen LogP contribution in [0.2, 0.25) is 0 Å². The zero-order valence-electron chi connectivity index (χ0n) is 9.52. The van der Waals surface area contributed by atoms with Gasteiger partial charge >= 0.3 is 0 Å². The van der Waals surface area contributed by atoms with E-state index in [0.717, 1.165) is 22.5 Å². The van der Waals surface area contributed by atoms with Gasteiger partial charge in [0.1, 0.15) is 5.82 Å². The molecule has 1 aromatic rings. The lowest BCUT2D eigenvalue weighted by molar-refractivity contribution is 0.684. The number of aromatic nitrogens is 1. The molecule has 1 aromatic heterocycles. The SMILES string of the molecule is CCCCCCNc1ccc(Br)c(C)n1. The Hall–Kier alpha value is -0.570. The first kappa shape index (κ1) is 12.5. The van der Waals surface area contributed by atoms with E-state index in [1.54, 1.807) is 0 Å². The highest BCUT2D eigenvalue weighted by molar-refractivity contribution is 9.10. The van der Waals surface area contributed by atoms with Gasteiger partial charge in [-0.3, -0.25) is 0 Å². The second-order valence-corrected chi connectivity index (χ2v) is 4.61. The fourth-order valence-corrected chi connectivity index (χ4v) is 1.63. The van der Waals surface area contributed by atoms with Crippen molar-refractivity contribution < 1.29 is 0 Å². The molecule has 84 valence electrons. The highest BCUT2D eigenvalue weighted by Crippen LogP contribution is 2.16. The quantitative estimate of drug-likeness (QED) is 0.786. The number of hydrogen-bond acceptors (Lipinski definition) is 2. The Morgan fingerprint density at radius 1 is 1.27 bits per heavy atom. The van der Waals surface area contributed by atoms with Crippen LogP contribution in [0, 0.1) is 6.92 Å². The Bertz CT molecular complexity index is 300. The molecule has 0 aromatic carbocycles. The van der Waals surface area contributed by atoms with Gasteiger partial charge in [-0.15, -0.1) is 0 Å². The van der Waals surface area contributed by atoms with Crippen LogP contribution in [0.3, 0.4) is 0 Å². The molecule has 0 bridgehead atoms. The van der Waals surface area contributed by atoms with Crippen molar-refractivity contribution in [2.45, 2.75) is 39.5 Å². The molecule has 0 saturated carbocycles. The lowest BCUT2D eigenvalue weighted by atomic mass is 10.2. The van der Waals surface area contributed by atoms with Gasteiger partial charge in [0.25, 0.3) is 0 Å². The van der Waals surface area contributed by atoms with E-state index in [9.17, 15) is 0 Å². The summed E-state index contributed by atoms with van der Waals surface area (Å²) in [6, 6.07) is 4.05. The van der Waals surface area contributed by atoms with E-state index in [-0.39, 0.29) is 0 Å². The molecule has 2 nitrogen and oxygen atoms in total. The van der Waals surface area contributed by atoms with Crippen LogP contribution in [0.1, 0.15) is 38.3 Å². The minimum atomic E-state index is 0.979. The summed E-state index contributed by atoms with van der Waals surface area (Å²) in [6.07, 6.45) is 5.15. The van der Waals surface area contributed by atoms with E-state index < -0.39 is 0 Å². The Morgan fingerprint density at radius 3 is 2.73 bits per heavy atom. The molecular weight excluding hydrogens is 252 g/mol. The van der Waals surface area contributed by atoms with Crippen LogP contribution >= 0.6 is 15.9 Å². The Kier molecular flexibility index (Phi) is 5.69. The molecule has 0 aliphatic carbocycles. The fraction of sp³-hybridized carbons (Fsp3) is 0.583. The van der Waals surface area contributed by atoms with E-state index in [2.05, 4.69) is 33.2 Å². The topological polar surface area (TPSA) is 24.9 Å². The first-order valence-electron chi connectivity index (χ1n) is 5.61. The van der Waals surface area contributed by atoms with Crippen molar-refractivity contribution in [1.29, 1.82) is 0 Å². The standard InChI is InChI=1S/C12H19BrN2/c1-3-4-5-6-9-14-12-8-7-11(13)10(2)15-12/h7-8H,3-6,9H2,1-2H3,(H,14,15). The van der Waals surface area contributed by atoms with E-state index >= 15 is 0 Å². The Balaban J connectivity index is 2.28. The number of pyridine rings is 1. The molecule has 0 atom stereocenters. The second kappa shape index (κ2) is 6.83. The number of hydrogen-bond donors (Lipinski definition) is 1. The van der Waals surface area contributed by atoms with Gasteiger partial charge in [0, 0.05) is 11.0 Å². The average molecular weight is 271 g/mol. The molecule has 1 heterocycles. The molecule has 1 N–H and O–H groups in total. The van der Waals surface area contributed by atoms with Gasteiger partial charge in [-0.1, -0.05) is 26.2 Å². The lowest BCUT2D eigenvalue weighted by Gasteiger charge is -2.06. The number of nitrogens with one attached hydrogen (secondary N) is 1.